The number of likely N-dealkylation sites (N-methyl/N-ethyl adjacent to an activating group) is 1. The van der Waals surface area contributed by atoms with Crippen LogP contribution in [0.4, 0.5) is 26.0 Å². The molecule has 2 atom stereocenters. The molecule has 11 nitrogen and oxygen atoms in total. The van der Waals surface area contributed by atoms with Crippen molar-refractivity contribution in [2.75, 3.05) is 42.2 Å². The topological polar surface area (TPSA) is 133 Å². The van der Waals surface area contributed by atoms with Gasteiger partial charge in [-0.1, -0.05) is 19.9 Å². The van der Waals surface area contributed by atoms with Gasteiger partial charge in [0, 0.05) is 37.5 Å². The molecule has 3 aliphatic rings. The molecule has 262 valence electrons. The second-order valence-corrected chi connectivity index (χ2v) is 15.6. The molecule has 2 N–H and O–H groups in total. The summed E-state index contributed by atoms with van der Waals surface area (Å²) in [6.07, 6.45) is 2.47. The molecule has 5 heterocycles. The predicted octanol–water partition coefficient (Wildman–Crippen LogP) is 7.34. The Hall–Kier alpha value is -4.54. The number of amides is 2. The van der Waals surface area contributed by atoms with E-state index >= 15 is 4.39 Å². The van der Waals surface area contributed by atoms with Crippen LogP contribution in [0.3, 0.4) is 0 Å². The number of carbonyl (C=O) groups is 2. The molecule has 0 bridgehead atoms. The summed E-state index contributed by atoms with van der Waals surface area (Å²) < 4.78 is 27.4. The summed E-state index contributed by atoms with van der Waals surface area (Å²) in [7, 11) is 1.83. The van der Waals surface area contributed by atoms with Crippen LogP contribution in [-0.4, -0.2) is 65.2 Å². The van der Waals surface area contributed by atoms with E-state index in [1.54, 1.807) is 31.7 Å². The summed E-state index contributed by atoms with van der Waals surface area (Å²) in [4.78, 5) is 40.4. The smallest absolute Gasteiger partial charge is 0.412 e. The van der Waals surface area contributed by atoms with Crippen LogP contribution in [0.2, 0.25) is 0 Å². The Balaban J connectivity index is 1.47. The molecule has 0 spiro atoms. The largest absolute Gasteiger partial charge is 0.444 e. The van der Waals surface area contributed by atoms with E-state index in [1.807, 2.05) is 7.05 Å². The maximum atomic E-state index is 15.6. The Morgan fingerprint density at radius 2 is 1.96 bits per heavy atom. The van der Waals surface area contributed by atoms with Gasteiger partial charge in [-0.2, -0.15) is 10.2 Å². The molecule has 2 fully saturated rings. The van der Waals surface area contributed by atoms with Gasteiger partial charge in [-0.05, 0) is 86.3 Å². The van der Waals surface area contributed by atoms with Crippen LogP contribution in [0.1, 0.15) is 76.1 Å². The molecule has 3 aliphatic heterocycles. The summed E-state index contributed by atoms with van der Waals surface area (Å²) in [6.45, 7) is 12.5. The van der Waals surface area contributed by atoms with Gasteiger partial charge in [0.2, 0.25) is 11.9 Å². The first kappa shape index (κ1) is 33.9. The Kier molecular flexibility index (Phi) is 8.80. The van der Waals surface area contributed by atoms with Crippen LogP contribution >= 0.6 is 11.3 Å². The van der Waals surface area contributed by atoms with Crippen molar-refractivity contribution in [2.24, 2.45) is 5.92 Å². The number of carbonyl (C=O) groups excluding carboxylic acids is 2. The number of likely N-dealkylation sites (tertiary alicyclic amines) is 1. The molecule has 2 aromatic carbocycles. The van der Waals surface area contributed by atoms with Gasteiger partial charge in [0.15, 0.2) is 0 Å². The molecule has 0 saturated carbocycles. The molecule has 13 heteroatoms. The normalized spacial score (nSPS) is 19.3. The third-order valence-corrected chi connectivity index (χ3v) is 10.9. The van der Waals surface area contributed by atoms with Crippen LogP contribution in [0, 0.1) is 23.1 Å². The molecule has 2 aromatic heterocycles. The molecule has 2 amide bonds. The highest BCUT2D eigenvalue weighted by molar-refractivity contribution is 7.23. The third kappa shape index (κ3) is 5.98. The average Bonchev–Trinajstić information content (AvgIpc) is 3.81. The average molecular weight is 700 g/mol. The number of rotatable bonds is 6. The minimum Gasteiger partial charge on any atom is -0.444 e. The van der Waals surface area contributed by atoms with Crippen molar-refractivity contribution < 1.29 is 23.5 Å². The second-order valence-electron chi connectivity index (χ2n) is 14.5. The highest BCUT2D eigenvalue weighted by Crippen LogP contribution is 2.48. The van der Waals surface area contributed by atoms with Gasteiger partial charge in [0.05, 0.1) is 29.0 Å². The van der Waals surface area contributed by atoms with Gasteiger partial charge in [0.25, 0.3) is 0 Å². The maximum Gasteiger partial charge on any atom is 0.412 e. The number of ether oxygens (including phenoxy) is 2. The first-order valence-electron chi connectivity index (χ1n) is 17.3. The summed E-state index contributed by atoms with van der Waals surface area (Å²) in [5.74, 6) is 1.25. The van der Waals surface area contributed by atoms with Gasteiger partial charge in [0.1, 0.15) is 34.3 Å². The summed E-state index contributed by atoms with van der Waals surface area (Å²) in [5.41, 5.74) is 4.40. The van der Waals surface area contributed by atoms with Crippen molar-refractivity contribution >= 4 is 61.1 Å². The van der Waals surface area contributed by atoms with E-state index in [1.165, 1.54) is 6.07 Å². The fourth-order valence-electron chi connectivity index (χ4n) is 7.46. The van der Waals surface area contributed by atoms with Crippen molar-refractivity contribution in [3.05, 3.63) is 40.2 Å². The highest BCUT2D eigenvalue weighted by atomic mass is 32.1. The van der Waals surface area contributed by atoms with E-state index in [-0.39, 0.29) is 21.2 Å². The zero-order valence-corrected chi connectivity index (χ0v) is 30.1. The molecular formula is C37H42FN7O4S. The highest BCUT2D eigenvalue weighted by Gasteiger charge is 2.34. The molecule has 7 rings (SSSR count). The third-order valence-electron chi connectivity index (χ3n) is 9.76. The number of nitriles is 1. The van der Waals surface area contributed by atoms with Gasteiger partial charge in [-0.3, -0.25) is 10.1 Å². The van der Waals surface area contributed by atoms with Crippen LogP contribution in [-0.2, 0) is 33.9 Å². The molecule has 0 radical (unpaired) electrons. The molecule has 50 heavy (non-hydrogen) atoms. The lowest BCUT2D eigenvalue weighted by molar-refractivity contribution is -0.132. The second kappa shape index (κ2) is 13.0. The van der Waals surface area contributed by atoms with Crippen molar-refractivity contribution in [3.8, 4) is 17.2 Å². The number of aryl methyl sites for hydroxylation is 1. The van der Waals surface area contributed by atoms with E-state index in [0.29, 0.717) is 54.7 Å². The first-order valence-corrected chi connectivity index (χ1v) is 18.1. The number of nitrogens with zero attached hydrogens (tertiary/aromatic N) is 5. The van der Waals surface area contributed by atoms with Crippen molar-refractivity contribution in [1.29, 1.82) is 5.26 Å². The monoisotopic (exact) mass is 699 g/mol. The number of anilines is 3. The van der Waals surface area contributed by atoms with Crippen molar-refractivity contribution in [3.63, 3.8) is 0 Å². The van der Waals surface area contributed by atoms with Gasteiger partial charge >= 0.3 is 6.09 Å². The van der Waals surface area contributed by atoms with Gasteiger partial charge < -0.3 is 24.6 Å². The molecule has 0 aliphatic carbocycles. The standard InChI is InChI=1S/C37H42FN7O4S/c1-7-20-27(21-10-11-25(38)31-28(21)22(15-39)33(50-31)43-36(47)49-37(3,4)5)23-17-48-18-24(23)29-30(20)41-35(45-14-12-19(2)16-45)42-32(29)40-26-9-8-13-44(6)34(26)46/h10-11,19,26H,7-9,12-14,16-18H2,1-6H3,(H,43,47)(H,40,41,42)/t19-,26-/m1/s1. The number of halogens is 1. The van der Waals surface area contributed by atoms with E-state index in [2.05, 4.69) is 35.5 Å². The Bertz CT molecular complexity index is 2080. The van der Waals surface area contributed by atoms with E-state index in [0.717, 1.165) is 77.0 Å². The SMILES string of the molecule is CCc1c(-c2ccc(F)c3sc(NC(=O)OC(C)(C)C)c(C#N)c23)c2c(c3c(N[C@@H]4CCCN(C)C4=O)nc(N4CC[C@@H](C)C4)nc13)COC2. The lowest BCUT2D eigenvalue weighted by Gasteiger charge is -2.31. The lowest BCUT2D eigenvalue weighted by Crippen LogP contribution is -2.45. The lowest BCUT2D eigenvalue weighted by atomic mass is 9.86. The van der Waals surface area contributed by atoms with Crippen LogP contribution in [0.15, 0.2) is 12.1 Å². The molecule has 0 unspecified atom stereocenters. The van der Waals surface area contributed by atoms with Gasteiger partial charge in [-0.25, -0.2) is 14.2 Å². The predicted molar refractivity (Wildman–Crippen MR) is 193 cm³/mol. The number of thiophene rings is 1. The fourth-order valence-corrected chi connectivity index (χ4v) is 8.53. The number of hydrogen-bond acceptors (Lipinski definition) is 10. The number of nitrogens with one attached hydrogen (secondary N) is 2. The number of fused-ring (bicyclic) bond motifs is 4. The summed E-state index contributed by atoms with van der Waals surface area (Å²) in [6, 6.07) is 4.94. The Labute approximate surface area is 294 Å². The number of piperidine rings is 1. The van der Waals surface area contributed by atoms with Crippen molar-refractivity contribution in [1.82, 2.24) is 14.9 Å². The number of hydrogen-bond donors (Lipinski definition) is 2. The maximum absolute atomic E-state index is 15.6. The molecular weight excluding hydrogens is 658 g/mol. The molecule has 2 saturated heterocycles. The Morgan fingerprint density at radius 1 is 1.18 bits per heavy atom. The zero-order chi connectivity index (χ0) is 35.5. The van der Waals surface area contributed by atoms with Crippen LogP contribution in [0.5, 0.6) is 0 Å². The van der Waals surface area contributed by atoms with Crippen LogP contribution in [0.25, 0.3) is 32.1 Å². The molecule has 4 aromatic rings. The first-order chi connectivity index (χ1) is 23.9. The number of benzene rings is 2. The minimum absolute atomic E-state index is 0.0329. The summed E-state index contributed by atoms with van der Waals surface area (Å²) >= 11 is 1.01. The minimum atomic E-state index is -0.757. The van der Waals surface area contributed by atoms with E-state index in [9.17, 15) is 14.9 Å². The number of aromatic nitrogens is 2. The van der Waals surface area contributed by atoms with E-state index < -0.39 is 23.6 Å². The van der Waals surface area contributed by atoms with E-state index in [4.69, 9.17) is 19.4 Å². The van der Waals surface area contributed by atoms with Crippen molar-refractivity contribution in [2.45, 2.75) is 85.2 Å². The van der Waals surface area contributed by atoms with Crippen LogP contribution < -0.4 is 15.5 Å². The fraction of sp³-hybridized carbons (Fsp3) is 0.486. The van der Waals surface area contributed by atoms with Gasteiger partial charge in [-0.15, -0.1) is 11.3 Å². The quantitative estimate of drug-likeness (QED) is 0.212. The Morgan fingerprint density at radius 3 is 2.66 bits per heavy atom. The summed E-state index contributed by atoms with van der Waals surface area (Å²) in [5, 5.41) is 18.2. The zero-order valence-electron chi connectivity index (χ0n) is 29.3.